The Morgan fingerprint density at radius 2 is 2.24 bits per heavy atom. The highest BCUT2D eigenvalue weighted by atomic mass is 16.2. The molecule has 21 heavy (non-hydrogen) atoms. The highest BCUT2D eigenvalue weighted by Crippen LogP contribution is 2.18. The van der Waals surface area contributed by atoms with Crippen LogP contribution in [0.1, 0.15) is 32.3 Å². The first-order chi connectivity index (χ1) is 10.2. The minimum atomic E-state index is -0.0397. The molecule has 2 rings (SSSR count). The second-order valence-corrected chi connectivity index (χ2v) is 5.34. The van der Waals surface area contributed by atoms with Crippen molar-refractivity contribution in [1.82, 2.24) is 14.8 Å². The number of rotatable bonds is 4. The molecule has 1 aromatic rings. The monoisotopic (exact) mass is 285 g/mol. The van der Waals surface area contributed by atoms with Gasteiger partial charge in [-0.1, -0.05) is 12.8 Å². The number of nitrogens with zero attached hydrogens (tertiary/aromatic N) is 3. The molecule has 0 bridgehead atoms. The molecule has 0 aromatic carbocycles. The van der Waals surface area contributed by atoms with Gasteiger partial charge in [-0.15, -0.1) is 0 Å². The summed E-state index contributed by atoms with van der Waals surface area (Å²) in [5, 5.41) is 0. The van der Waals surface area contributed by atoms with E-state index in [0.29, 0.717) is 6.04 Å². The first-order valence-electron chi connectivity index (χ1n) is 7.59. The molecule has 0 radical (unpaired) electrons. The fourth-order valence-corrected chi connectivity index (χ4v) is 2.85. The van der Waals surface area contributed by atoms with Crippen molar-refractivity contribution in [3.05, 3.63) is 30.1 Å². The van der Waals surface area contributed by atoms with Crippen LogP contribution < -0.4 is 0 Å². The van der Waals surface area contributed by atoms with Crippen LogP contribution in [-0.4, -0.2) is 46.4 Å². The third-order valence-electron chi connectivity index (χ3n) is 3.97. The third kappa shape index (κ3) is 4.30. The lowest BCUT2D eigenvalue weighted by Gasteiger charge is -2.38. The lowest BCUT2D eigenvalue weighted by atomic mass is 10.0. The average Bonchev–Trinajstić information content (AvgIpc) is 2.54. The number of likely N-dealkylation sites (N-methyl/N-ethyl adjacent to an activating group) is 1. The Labute approximate surface area is 127 Å². The molecular weight excluding hydrogens is 262 g/mol. The summed E-state index contributed by atoms with van der Waals surface area (Å²) in [7, 11) is 0. The van der Waals surface area contributed by atoms with Crippen molar-refractivity contribution in [2.45, 2.75) is 39.3 Å². The minimum absolute atomic E-state index is 0.0397. The Morgan fingerprint density at radius 3 is 2.90 bits per heavy atom. The molecule has 0 N–H and O–H groups in total. The van der Waals surface area contributed by atoms with Gasteiger partial charge in [0.15, 0.2) is 0 Å². The number of piperidine rings is 1. The highest BCUT2D eigenvalue weighted by molar-refractivity contribution is 5.93. The van der Waals surface area contributed by atoms with Crippen molar-refractivity contribution < 1.29 is 4.79 Å². The molecule has 1 saturated heterocycles. The Kier molecular flexibility index (Phi) is 5.77. The molecule has 1 aromatic heterocycles. The molecule has 112 valence electrons. The molecule has 0 aliphatic carbocycles. The summed E-state index contributed by atoms with van der Waals surface area (Å²) < 4.78 is 0. The molecule has 4 heteroatoms. The number of hydrogen-bond acceptors (Lipinski definition) is 3. The lowest BCUT2D eigenvalue weighted by molar-refractivity contribution is -0.127. The topological polar surface area (TPSA) is 36.4 Å². The SMILES string of the molecule is CC#CC(=O)N1CCC[C@@H](N(CC)Cc2ccncc2)C1. The zero-order valence-electron chi connectivity index (χ0n) is 12.9. The van der Waals surface area contributed by atoms with Gasteiger partial charge in [0, 0.05) is 38.1 Å². The molecule has 0 saturated carbocycles. The van der Waals surface area contributed by atoms with E-state index in [1.807, 2.05) is 17.3 Å². The Bertz CT molecular complexity index is 518. The Morgan fingerprint density at radius 1 is 1.48 bits per heavy atom. The summed E-state index contributed by atoms with van der Waals surface area (Å²) in [5.74, 6) is 5.31. The van der Waals surface area contributed by atoms with E-state index in [2.05, 4.69) is 40.8 Å². The number of carbonyl (C=O) groups is 1. The Hall–Kier alpha value is -1.86. The highest BCUT2D eigenvalue weighted by Gasteiger charge is 2.26. The van der Waals surface area contributed by atoms with Gasteiger partial charge in [-0.25, -0.2) is 0 Å². The maximum absolute atomic E-state index is 11.9. The number of carbonyl (C=O) groups excluding carboxylic acids is 1. The van der Waals surface area contributed by atoms with E-state index in [0.717, 1.165) is 39.0 Å². The van der Waals surface area contributed by atoms with Crippen molar-refractivity contribution in [2.75, 3.05) is 19.6 Å². The van der Waals surface area contributed by atoms with Crippen LogP contribution in [0.25, 0.3) is 0 Å². The van der Waals surface area contributed by atoms with Gasteiger partial charge >= 0.3 is 0 Å². The fraction of sp³-hybridized carbons (Fsp3) is 0.529. The van der Waals surface area contributed by atoms with Crippen LogP contribution in [0.15, 0.2) is 24.5 Å². The average molecular weight is 285 g/mol. The molecule has 1 aliphatic heterocycles. The van der Waals surface area contributed by atoms with Crippen LogP contribution in [0.2, 0.25) is 0 Å². The second kappa shape index (κ2) is 7.80. The Balaban J connectivity index is 2.00. The molecular formula is C17H23N3O. The van der Waals surface area contributed by atoms with Crippen LogP contribution in [0, 0.1) is 11.8 Å². The largest absolute Gasteiger partial charge is 0.330 e. The van der Waals surface area contributed by atoms with E-state index in [9.17, 15) is 4.79 Å². The zero-order valence-corrected chi connectivity index (χ0v) is 12.9. The summed E-state index contributed by atoms with van der Waals surface area (Å²) in [6, 6.07) is 4.52. The first kappa shape index (κ1) is 15.5. The first-order valence-corrected chi connectivity index (χ1v) is 7.59. The second-order valence-electron chi connectivity index (χ2n) is 5.34. The van der Waals surface area contributed by atoms with Gasteiger partial charge in [0.05, 0.1) is 0 Å². The number of hydrogen-bond donors (Lipinski definition) is 0. The van der Waals surface area contributed by atoms with E-state index in [4.69, 9.17) is 0 Å². The van der Waals surface area contributed by atoms with E-state index < -0.39 is 0 Å². The summed E-state index contributed by atoms with van der Waals surface area (Å²) >= 11 is 0. The van der Waals surface area contributed by atoms with Gasteiger partial charge in [0.1, 0.15) is 0 Å². The van der Waals surface area contributed by atoms with Crippen molar-refractivity contribution in [3.8, 4) is 11.8 Å². The van der Waals surface area contributed by atoms with Crippen LogP contribution in [0.5, 0.6) is 0 Å². The van der Waals surface area contributed by atoms with E-state index >= 15 is 0 Å². The van der Waals surface area contributed by atoms with Crippen molar-refractivity contribution >= 4 is 5.91 Å². The van der Waals surface area contributed by atoms with Gasteiger partial charge < -0.3 is 4.90 Å². The maximum Gasteiger partial charge on any atom is 0.298 e. The van der Waals surface area contributed by atoms with Crippen molar-refractivity contribution in [3.63, 3.8) is 0 Å². The lowest BCUT2D eigenvalue weighted by Crippen LogP contribution is -2.49. The molecule has 2 heterocycles. The summed E-state index contributed by atoms with van der Waals surface area (Å²) in [5.41, 5.74) is 1.27. The molecule has 1 aliphatic rings. The summed E-state index contributed by atoms with van der Waals surface area (Å²) in [6.07, 6.45) is 5.85. The number of likely N-dealkylation sites (tertiary alicyclic amines) is 1. The number of pyridine rings is 1. The zero-order chi connectivity index (χ0) is 15.1. The van der Waals surface area contributed by atoms with E-state index in [1.165, 1.54) is 5.56 Å². The molecule has 0 unspecified atom stereocenters. The van der Waals surface area contributed by atoms with Gasteiger partial charge in [-0.3, -0.25) is 14.7 Å². The van der Waals surface area contributed by atoms with Gasteiger partial charge in [0.25, 0.3) is 5.91 Å². The molecule has 4 nitrogen and oxygen atoms in total. The van der Waals surface area contributed by atoms with Gasteiger partial charge in [0.2, 0.25) is 0 Å². The predicted octanol–water partition coefficient (Wildman–Crippen LogP) is 1.92. The van der Waals surface area contributed by atoms with E-state index in [-0.39, 0.29) is 5.91 Å². The molecule has 1 fully saturated rings. The quantitative estimate of drug-likeness (QED) is 0.793. The molecule has 1 atom stereocenters. The standard InChI is InChI=1S/C17H23N3O/c1-3-6-17(21)20-12-5-7-16(14-20)19(4-2)13-15-8-10-18-11-9-15/h8-11,16H,4-5,7,12-14H2,1-2H3/t16-/m1/s1. The van der Waals surface area contributed by atoms with Crippen LogP contribution >= 0.6 is 0 Å². The maximum atomic E-state index is 11.9. The van der Waals surface area contributed by atoms with E-state index in [1.54, 1.807) is 6.92 Å². The fourth-order valence-electron chi connectivity index (χ4n) is 2.85. The van der Waals surface area contributed by atoms with Gasteiger partial charge in [-0.2, -0.15) is 0 Å². The normalized spacial score (nSPS) is 18.2. The summed E-state index contributed by atoms with van der Waals surface area (Å²) in [4.78, 5) is 20.3. The molecule has 1 amide bonds. The van der Waals surface area contributed by atoms with Gasteiger partial charge in [-0.05, 0) is 49.9 Å². The minimum Gasteiger partial charge on any atom is -0.330 e. The number of aromatic nitrogens is 1. The predicted molar refractivity (Wildman–Crippen MR) is 83.4 cm³/mol. The summed E-state index contributed by atoms with van der Waals surface area (Å²) in [6.45, 7) is 7.39. The smallest absolute Gasteiger partial charge is 0.298 e. The third-order valence-corrected chi connectivity index (χ3v) is 3.97. The van der Waals surface area contributed by atoms with Crippen LogP contribution in [0.4, 0.5) is 0 Å². The van der Waals surface area contributed by atoms with Crippen LogP contribution in [0.3, 0.4) is 0 Å². The number of amides is 1. The van der Waals surface area contributed by atoms with Crippen molar-refractivity contribution in [2.24, 2.45) is 0 Å². The van der Waals surface area contributed by atoms with Crippen LogP contribution in [-0.2, 0) is 11.3 Å². The molecule has 0 spiro atoms. The van der Waals surface area contributed by atoms with Crippen molar-refractivity contribution in [1.29, 1.82) is 0 Å².